The lowest BCUT2D eigenvalue weighted by Gasteiger charge is -2.29. The van der Waals surface area contributed by atoms with Crippen LogP contribution in [-0.4, -0.2) is 63.4 Å². The molecule has 1 unspecified atom stereocenters. The number of para-hydroxylation sites is 1. The predicted molar refractivity (Wildman–Crippen MR) is 117 cm³/mol. The van der Waals surface area contributed by atoms with Crippen molar-refractivity contribution in [1.82, 2.24) is 4.90 Å². The fourth-order valence-electron chi connectivity index (χ4n) is 3.08. The van der Waals surface area contributed by atoms with Crippen molar-refractivity contribution in [2.45, 2.75) is 13.0 Å². The van der Waals surface area contributed by atoms with Gasteiger partial charge in [0.05, 0.1) is 24.3 Å². The average molecular weight is 418 g/mol. The van der Waals surface area contributed by atoms with Crippen LogP contribution in [0.4, 0.5) is 11.4 Å². The van der Waals surface area contributed by atoms with E-state index in [-0.39, 0.29) is 11.9 Å². The van der Waals surface area contributed by atoms with E-state index in [2.05, 4.69) is 10.2 Å². The molecular formula is C22H28ClN3O3. The molecule has 0 spiro atoms. The number of hydrogen-bond donors (Lipinski definition) is 1. The Kier molecular flexibility index (Phi) is 7.75. The normalized spacial score (nSPS) is 15.2. The molecule has 2 aromatic carbocycles. The smallest absolute Gasteiger partial charge is 0.241 e. The molecule has 1 aliphatic rings. The number of ether oxygens (including phenoxy) is 2. The highest BCUT2D eigenvalue weighted by molar-refractivity contribution is 6.32. The van der Waals surface area contributed by atoms with Crippen LogP contribution in [0.15, 0.2) is 48.5 Å². The fourth-order valence-corrected chi connectivity index (χ4v) is 3.27. The second kappa shape index (κ2) is 10.5. The second-order valence-corrected chi connectivity index (χ2v) is 7.48. The summed E-state index contributed by atoms with van der Waals surface area (Å²) in [6.07, 6.45) is 0. The quantitative estimate of drug-likeness (QED) is 0.712. The number of morpholine rings is 1. The standard InChI is InChI=1S/C22H28ClN3O3/c1-17(25(2)11-16-29-21-6-4-3-5-20(21)23)22(27)24-18-7-9-19(10-8-18)26-12-14-28-15-13-26/h3-10,17H,11-16H2,1-2H3,(H,24,27). The molecule has 0 saturated carbocycles. The first-order chi connectivity index (χ1) is 14.0. The minimum absolute atomic E-state index is 0.0515. The Morgan fingerprint density at radius 1 is 1.21 bits per heavy atom. The van der Waals surface area contributed by atoms with E-state index in [0.29, 0.717) is 23.9 Å². The van der Waals surface area contributed by atoms with Crippen molar-refractivity contribution in [3.8, 4) is 5.75 Å². The van der Waals surface area contributed by atoms with E-state index in [9.17, 15) is 4.79 Å². The van der Waals surface area contributed by atoms with Gasteiger partial charge < -0.3 is 19.7 Å². The van der Waals surface area contributed by atoms with Gasteiger partial charge in [0, 0.05) is 31.0 Å². The molecular weight excluding hydrogens is 390 g/mol. The number of hydrogen-bond acceptors (Lipinski definition) is 5. The van der Waals surface area contributed by atoms with Crippen LogP contribution in [0.25, 0.3) is 0 Å². The highest BCUT2D eigenvalue weighted by atomic mass is 35.5. The molecule has 0 aromatic heterocycles. The van der Waals surface area contributed by atoms with Crippen molar-refractivity contribution in [2.75, 3.05) is 56.7 Å². The van der Waals surface area contributed by atoms with E-state index >= 15 is 0 Å². The Morgan fingerprint density at radius 3 is 2.59 bits per heavy atom. The van der Waals surface area contributed by atoms with E-state index in [4.69, 9.17) is 21.1 Å². The maximum absolute atomic E-state index is 12.6. The van der Waals surface area contributed by atoms with Crippen LogP contribution in [-0.2, 0) is 9.53 Å². The SMILES string of the molecule is CC(C(=O)Nc1ccc(N2CCOCC2)cc1)N(C)CCOc1ccccc1Cl. The van der Waals surface area contributed by atoms with Crippen molar-refractivity contribution in [3.05, 3.63) is 53.6 Å². The molecule has 6 nitrogen and oxygen atoms in total. The second-order valence-electron chi connectivity index (χ2n) is 7.07. The number of halogens is 1. The number of carbonyl (C=O) groups is 1. The van der Waals surface area contributed by atoms with Gasteiger partial charge in [0.15, 0.2) is 0 Å². The van der Waals surface area contributed by atoms with Crippen LogP contribution in [0.5, 0.6) is 5.75 Å². The number of nitrogens with one attached hydrogen (secondary N) is 1. The summed E-state index contributed by atoms with van der Waals surface area (Å²) in [6.45, 7) is 6.23. The van der Waals surface area contributed by atoms with Gasteiger partial charge in [0.2, 0.25) is 5.91 Å². The van der Waals surface area contributed by atoms with Crippen LogP contribution in [0.1, 0.15) is 6.92 Å². The van der Waals surface area contributed by atoms with Crippen molar-refractivity contribution < 1.29 is 14.3 Å². The third-order valence-corrected chi connectivity index (χ3v) is 5.40. The topological polar surface area (TPSA) is 54.0 Å². The van der Waals surface area contributed by atoms with Crippen molar-refractivity contribution in [3.63, 3.8) is 0 Å². The Hall–Kier alpha value is -2.28. The van der Waals surface area contributed by atoms with E-state index in [1.165, 1.54) is 0 Å². The molecule has 1 amide bonds. The minimum atomic E-state index is -0.288. The number of amides is 1. The highest BCUT2D eigenvalue weighted by Gasteiger charge is 2.18. The number of carbonyl (C=O) groups excluding carboxylic acids is 1. The molecule has 1 N–H and O–H groups in total. The van der Waals surface area contributed by atoms with Crippen LogP contribution in [0.2, 0.25) is 5.02 Å². The first-order valence-corrected chi connectivity index (χ1v) is 10.2. The van der Waals surface area contributed by atoms with Crippen molar-refractivity contribution >= 4 is 28.9 Å². The molecule has 1 heterocycles. The Bertz CT molecular complexity index is 794. The summed E-state index contributed by atoms with van der Waals surface area (Å²) >= 11 is 6.09. The molecule has 1 aliphatic heterocycles. The predicted octanol–water partition coefficient (Wildman–Crippen LogP) is 3.51. The largest absolute Gasteiger partial charge is 0.491 e. The van der Waals surface area contributed by atoms with E-state index in [1.807, 2.05) is 61.3 Å². The summed E-state index contributed by atoms with van der Waals surface area (Å²) in [6, 6.07) is 15.0. The number of benzene rings is 2. The summed E-state index contributed by atoms with van der Waals surface area (Å²) < 4.78 is 11.1. The van der Waals surface area contributed by atoms with Crippen molar-refractivity contribution in [2.24, 2.45) is 0 Å². The third kappa shape index (κ3) is 6.10. The Labute approximate surface area is 177 Å². The van der Waals surface area contributed by atoms with Crippen LogP contribution < -0.4 is 15.0 Å². The molecule has 0 aliphatic carbocycles. The lowest BCUT2D eigenvalue weighted by molar-refractivity contribution is -0.120. The zero-order valence-electron chi connectivity index (χ0n) is 16.9. The van der Waals surface area contributed by atoms with Crippen LogP contribution >= 0.6 is 11.6 Å². The maximum atomic E-state index is 12.6. The molecule has 1 fully saturated rings. The van der Waals surface area contributed by atoms with Gasteiger partial charge in [-0.2, -0.15) is 0 Å². The average Bonchev–Trinajstić information content (AvgIpc) is 2.75. The summed E-state index contributed by atoms with van der Waals surface area (Å²) in [5.74, 6) is 0.601. The lowest BCUT2D eigenvalue weighted by Crippen LogP contribution is -2.41. The number of anilines is 2. The summed E-state index contributed by atoms with van der Waals surface area (Å²) in [5.41, 5.74) is 1.94. The molecule has 7 heteroatoms. The summed E-state index contributed by atoms with van der Waals surface area (Å²) in [7, 11) is 1.90. The number of nitrogens with zero attached hydrogens (tertiary/aromatic N) is 2. The number of rotatable bonds is 8. The fraction of sp³-hybridized carbons (Fsp3) is 0.409. The molecule has 0 radical (unpaired) electrons. The Morgan fingerprint density at radius 2 is 1.90 bits per heavy atom. The maximum Gasteiger partial charge on any atom is 0.241 e. The van der Waals surface area contributed by atoms with E-state index < -0.39 is 0 Å². The van der Waals surface area contributed by atoms with E-state index in [0.717, 1.165) is 37.7 Å². The molecule has 1 atom stereocenters. The number of likely N-dealkylation sites (N-methyl/N-ethyl adjacent to an activating group) is 1. The van der Waals surface area contributed by atoms with Crippen LogP contribution in [0.3, 0.4) is 0 Å². The van der Waals surface area contributed by atoms with Gasteiger partial charge in [-0.15, -0.1) is 0 Å². The van der Waals surface area contributed by atoms with E-state index in [1.54, 1.807) is 6.07 Å². The summed E-state index contributed by atoms with van der Waals surface area (Å²) in [5, 5.41) is 3.57. The zero-order valence-corrected chi connectivity index (χ0v) is 17.7. The van der Waals surface area contributed by atoms with Gasteiger partial charge in [0.1, 0.15) is 12.4 Å². The molecule has 3 rings (SSSR count). The highest BCUT2D eigenvalue weighted by Crippen LogP contribution is 2.23. The molecule has 156 valence electrons. The van der Waals surface area contributed by atoms with Gasteiger partial charge >= 0.3 is 0 Å². The van der Waals surface area contributed by atoms with Gasteiger partial charge in [-0.25, -0.2) is 0 Å². The minimum Gasteiger partial charge on any atom is -0.491 e. The lowest BCUT2D eigenvalue weighted by atomic mass is 10.2. The monoisotopic (exact) mass is 417 g/mol. The van der Waals surface area contributed by atoms with Crippen LogP contribution in [0, 0.1) is 0 Å². The summed E-state index contributed by atoms with van der Waals surface area (Å²) in [4.78, 5) is 16.8. The van der Waals surface area contributed by atoms with Gasteiger partial charge in [0.25, 0.3) is 0 Å². The van der Waals surface area contributed by atoms with Gasteiger partial charge in [-0.05, 0) is 50.4 Å². The van der Waals surface area contributed by atoms with Gasteiger partial charge in [-0.3, -0.25) is 9.69 Å². The van der Waals surface area contributed by atoms with Gasteiger partial charge in [-0.1, -0.05) is 23.7 Å². The van der Waals surface area contributed by atoms with Crippen molar-refractivity contribution in [1.29, 1.82) is 0 Å². The molecule has 29 heavy (non-hydrogen) atoms. The molecule has 1 saturated heterocycles. The third-order valence-electron chi connectivity index (χ3n) is 5.09. The molecule has 0 bridgehead atoms. The Balaban J connectivity index is 1.45. The first kappa shape index (κ1) is 21.4. The molecule has 2 aromatic rings. The first-order valence-electron chi connectivity index (χ1n) is 9.86. The zero-order chi connectivity index (χ0) is 20.6.